The first-order valence-electron chi connectivity index (χ1n) is 7.49. The third-order valence-corrected chi connectivity index (χ3v) is 3.41. The number of carbonyl (C=O) groups is 2. The molecule has 23 heavy (non-hydrogen) atoms. The molecule has 0 saturated heterocycles. The number of halogens is 1. The number of carbonyl (C=O) groups excluding carboxylic acids is 1. The molecule has 1 aromatic carbocycles. The van der Waals surface area contributed by atoms with Gasteiger partial charge in [-0.25, -0.2) is 0 Å². The van der Waals surface area contributed by atoms with Gasteiger partial charge >= 0.3 is 5.97 Å². The van der Waals surface area contributed by atoms with Crippen LogP contribution in [-0.2, 0) is 4.79 Å². The number of aliphatic carboxylic acids is 1. The highest BCUT2D eigenvalue weighted by Crippen LogP contribution is 2.36. The van der Waals surface area contributed by atoms with Crippen molar-refractivity contribution >= 4 is 23.5 Å². The number of amides is 1. The molecule has 0 aliphatic heterocycles. The lowest BCUT2D eigenvalue weighted by molar-refractivity contribution is -0.137. The average molecular weight is 344 g/mol. The Bertz CT molecular complexity index is 548. The number of hydrogen-bond donors (Lipinski definition) is 2. The van der Waals surface area contributed by atoms with Crippen LogP contribution in [0.2, 0.25) is 5.02 Å². The van der Waals surface area contributed by atoms with Crippen molar-refractivity contribution in [2.75, 3.05) is 20.3 Å². The Kier molecular flexibility index (Phi) is 8.26. The lowest BCUT2D eigenvalue weighted by Crippen LogP contribution is -2.24. The molecule has 0 aliphatic carbocycles. The third-order valence-electron chi connectivity index (χ3n) is 3.13. The molecular formula is C16H22ClNO5. The minimum atomic E-state index is -0.801. The van der Waals surface area contributed by atoms with E-state index >= 15 is 0 Å². The lowest BCUT2D eigenvalue weighted by atomic mass is 10.1. The summed E-state index contributed by atoms with van der Waals surface area (Å²) in [5, 5.41) is 11.6. The van der Waals surface area contributed by atoms with Crippen LogP contribution in [-0.4, -0.2) is 37.2 Å². The number of carboxylic acids is 1. The molecule has 1 amide bonds. The Balaban J connectivity index is 2.56. The normalized spacial score (nSPS) is 10.2. The highest BCUT2D eigenvalue weighted by Gasteiger charge is 2.15. The number of methoxy groups -OCH3 is 1. The predicted molar refractivity (Wildman–Crippen MR) is 87.6 cm³/mol. The molecule has 1 aromatic rings. The number of nitrogens with one attached hydrogen (secondary N) is 1. The molecule has 2 N–H and O–H groups in total. The molecule has 128 valence electrons. The first kappa shape index (κ1) is 19.1. The van der Waals surface area contributed by atoms with Crippen LogP contribution in [0.3, 0.4) is 0 Å². The van der Waals surface area contributed by atoms with Crippen LogP contribution < -0.4 is 14.8 Å². The molecule has 0 heterocycles. The van der Waals surface area contributed by atoms with E-state index in [0.717, 1.165) is 12.8 Å². The average Bonchev–Trinajstić information content (AvgIpc) is 2.51. The van der Waals surface area contributed by atoms with Crippen LogP contribution >= 0.6 is 11.6 Å². The van der Waals surface area contributed by atoms with Crippen LogP contribution in [0.15, 0.2) is 12.1 Å². The topological polar surface area (TPSA) is 84.9 Å². The number of hydrogen-bond acceptors (Lipinski definition) is 4. The molecule has 0 unspecified atom stereocenters. The van der Waals surface area contributed by atoms with Crippen LogP contribution in [0.4, 0.5) is 0 Å². The van der Waals surface area contributed by atoms with E-state index in [-0.39, 0.29) is 12.3 Å². The van der Waals surface area contributed by atoms with Gasteiger partial charge in [-0.1, -0.05) is 18.0 Å². The standard InChI is InChI=1S/C16H22ClNO5/c1-3-23-15-12(17)9-11(10-13(15)22-2)16(21)18-8-6-4-5-7-14(19)20/h9-10H,3-8H2,1-2H3,(H,18,21)(H,19,20). The zero-order chi connectivity index (χ0) is 17.2. The van der Waals surface area contributed by atoms with E-state index in [2.05, 4.69) is 5.32 Å². The summed E-state index contributed by atoms with van der Waals surface area (Å²) >= 11 is 6.13. The SMILES string of the molecule is CCOc1c(Cl)cc(C(=O)NCCCCCC(=O)O)cc1OC. The Labute approximate surface area is 140 Å². The first-order valence-corrected chi connectivity index (χ1v) is 7.87. The second-order valence-corrected chi connectivity index (χ2v) is 5.29. The van der Waals surface area contributed by atoms with Crippen LogP contribution in [0.25, 0.3) is 0 Å². The smallest absolute Gasteiger partial charge is 0.303 e. The summed E-state index contributed by atoms with van der Waals surface area (Å²) in [4.78, 5) is 22.5. The lowest BCUT2D eigenvalue weighted by Gasteiger charge is -2.13. The zero-order valence-corrected chi connectivity index (χ0v) is 14.1. The molecule has 7 heteroatoms. The minimum absolute atomic E-state index is 0.152. The van der Waals surface area contributed by atoms with Gasteiger partial charge in [-0.15, -0.1) is 0 Å². The van der Waals surface area contributed by atoms with Gasteiger partial charge in [0.05, 0.1) is 18.7 Å². The first-order chi connectivity index (χ1) is 11.0. The van der Waals surface area contributed by atoms with E-state index in [1.807, 2.05) is 6.92 Å². The monoisotopic (exact) mass is 343 g/mol. The van der Waals surface area contributed by atoms with Crippen molar-refractivity contribution in [3.63, 3.8) is 0 Å². The van der Waals surface area contributed by atoms with Gasteiger partial charge in [0.2, 0.25) is 0 Å². The van der Waals surface area contributed by atoms with Crippen molar-refractivity contribution in [2.45, 2.75) is 32.6 Å². The summed E-state index contributed by atoms with van der Waals surface area (Å²) < 4.78 is 10.6. The summed E-state index contributed by atoms with van der Waals surface area (Å²) in [7, 11) is 1.48. The van der Waals surface area contributed by atoms with Crippen LogP contribution in [0, 0.1) is 0 Å². The Morgan fingerprint density at radius 3 is 2.61 bits per heavy atom. The summed E-state index contributed by atoms with van der Waals surface area (Å²) in [5.41, 5.74) is 0.390. The number of unbranched alkanes of at least 4 members (excludes halogenated alkanes) is 2. The van der Waals surface area contributed by atoms with Gasteiger partial charge in [-0.05, 0) is 31.9 Å². The summed E-state index contributed by atoms with van der Waals surface area (Å²) in [6.45, 7) is 2.75. The van der Waals surface area contributed by atoms with Crippen molar-refractivity contribution < 1.29 is 24.2 Å². The molecule has 0 fully saturated rings. The van der Waals surface area contributed by atoms with E-state index in [1.165, 1.54) is 13.2 Å². The fourth-order valence-electron chi connectivity index (χ4n) is 2.02. The minimum Gasteiger partial charge on any atom is -0.493 e. The van der Waals surface area contributed by atoms with E-state index in [1.54, 1.807) is 6.07 Å². The van der Waals surface area contributed by atoms with Crippen molar-refractivity contribution in [1.29, 1.82) is 0 Å². The maximum absolute atomic E-state index is 12.1. The van der Waals surface area contributed by atoms with E-state index in [4.69, 9.17) is 26.2 Å². The molecule has 0 atom stereocenters. The van der Waals surface area contributed by atoms with Crippen molar-refractivity contribution in [2.24, 2.45) is 0 Å². The highest BCUT2D eigenvalue weighted by atomic mass is 35.5. The van der Waals surface area contributed by atoms with Gasteiger partial charge in [-0.2, -0.15) is 0 Å². The third kappa shape index (κ3) is 6.36. The van der Waals surface area contributed by atoms with Gasteiger partial charge in [0, 0.05) is 18.5 Å². The number of carboxylic acid groups (broad SMARTS) is 1. The van der Waals surface area contributed by atoms with Gasteiger partial charge in [-0.3, -0.25) is 9.59 Å². The molecule has 0 bridgehead atoms. The molecule has 0 radical (unpaired) electrons. The molecule has 0 saturated carbocycles. The highest BCUT2D eigenvalue weighted by molar-refractivity contribution is 6.32. The molecule has 0 spiro atoms. The summed E-state index contributed by atoms with van der Waals surface area (Å²) in [5.74, 6) is -0.232. The fourth-order valence-corrected chi connectivity index (χ4v) is 2.28. The maximum Gasteiger partial charge on any atom is 0.303 e. The molecule has 1 rings (SSSR count). The van der Waals surface area contributed by atoms with Gasteiger partial charge in [0.1, 0.15) is 0 Å². The van der Waals surface area contributed by atoms with Crippen LogP contribution in [0.1, 0.15) is 43.0 Å². The van der Waals surface area contributed by atoms with Crippen molar-refractivity contribution in [3.8, 4) is 11.5 Å². The van der Waals surface area contributed by atoms with Gasteiger partial charge < -0.3 is 19.9 Å². The number of rotatable bonds is 10. The van der Waals surface area contributed by atoms with Crippen molar-refractivity contribution in [3.05, 3.63) is 22.7 Å². The Morgan fingerprint density at radius 2 is 2.00 bits per heavy atom. The molecule has 0 aromatic heterocycles. The van der Waals surface area contributed by atoms with E-state index < -0.39 is 5.97 Å². The van der Waals surface area contributed by atoms with Gasteiger partial charge in [0.25, 0.3) is 5.91 Å². The van der Waals surface area contributed by atoms with E-state index in [9.17, 15) is 9.59 Å². The predicted octanol–water partition coefficient (Wildman–Crippen LogP) is 3.12. The molecule has 0 aliphatic rings. The van der Waals surface area contributed by atoms with Crippen molar-refractivity contribution in [1.82, 2.24) is 5.32 Å². The Hall–Kier alpha value is -1.95. The summed E-state index contributed by atoms with van der Waals surface area (Å²) in [6.07, 6.45) is 2.23. The fraction of sp³-hybridized carbons (Fsp3) is 0.500. The van der Waals surface area contributed by atoms with Crippen LogP contribution in [0.5, 0.6) is 11.5 Å². The maximum atomic E-state index is 12.1. The van der Waals surface area contributed by atoms with E-state index in [0.29, 0.717) is 41.7 Å². The quantitative estimate of drug-likeness (QED) is 0.637. The largest absolute Gasteiger partial charge is 0.493 e. The second-order valence-electron chi connectivity index (χ2n) is 4.88. The zero-order valence-electron chi connectivity index (χ0n) is 13.4. The second kappa shape index (κ2) is 9.94. The van der Waals surface area contributed by atoms with Gasteiger partial charge in [0.15, 0.2) is 11.5 Å². The Morgan fingerprint density at radius 1 is 1.26 bits per heavy atom. The number of benzene rings is 1. The molecule has 6 nitrogen and oxygen atoms in total. The molecular weight excluding hydrogens is 322 g/mol. The summed E-state index contributed by atoms with van der Waals surface area (Å²) in [6, 6.07) is 3.12. The number of ether oxygens (including phenoxy) is 2.